The Morgan fingerprint density at radius 2 is 1.94 bits per heavy atom. The minimum absolute atomic E-state index is 0.0333. The Kier molecular flexibility index (Phi) is 5.32. The molecule has 0 bridgehead atoms. The van der Waals surface area contributed by atoms with Crippen LogP contribution in [0.2, 0.25) is 0 Å². The molecule has 2 heterocycles. The van der Waals surface area contributed by atoms with E-state index >= 15 is 0 Å². The van der Waals surface area contributed by atoms with Crippen molar-refractivity contribution in [2.75, 3.05) is 5.32 Å². The third-order valence-electron chi connectivity index (χ3n) is 6.93. The van der Waals surface area contributed by atoms with Crippen LogP contribution in [0.25, 0.3) is 16.6 Å². The summed E-state index contributed by atoms with van der Waals surface area (Å²) in [5, 5.41) is 7.86. The quantitative estimate of drug-likeness (QED) is 0.533. The van der Waals surface area contributed by atoms with Crippen LogP contribution in [0.1, 0.15) is 44.0 Å². The molecule has 3 aromatic rings. The molecule has 1 fully saturated rings. The van der Waals surface area contributed by atoms with Gasteiger partial charge in [0, 0.05) is 28.8 Å². The predicted octanol–water partition coefficient (Wildman–Crippen LogP) is 4.02. The van der Waals surface area contributed by atoms with Gasteiger partial charge in [-0.15, -0.1) is 0 Å². The number of primary amides is 1. The number of hydrogen-bond acceptors (Lipinski definition) is 5. The second-order valence-corrected chi connectivity index (χ2v) is 9.13. The van der Waals surface area contributed by atoms with Gasteiger partial charge in [-0.1, -0.05) is 26.0 Å². The zero-order chi connectivity index (χ0) is 23.3. The Morgan fingerprint density at radius 3 is 2.50 bits per heavy atom. The molecule has 0 aliphatic heterocycles. The molecule has 0 spiro atoms. The van der Waals surface area contributed by atoms with Crippen molar-refractivity contribution in [3.05, 3.63) is 48.3 Å². The van der Waals surface area contributed by atoms with E-state index in [0.29, 0.717) is 16.8 Å². The van der Waals surface area contributed by atoms with Gasteiger partial charge in [-0.3, -0.25) is 4.79 Å². The fraction of sp³-hybridized carbons (Fsp3) is 0.391. The van der Waals surface area contributed by atoms with Crippen LogP contribution in [0.5, 0.6) is 5.75 Å². The summed E-state index contributed by atoms with van der Waals surface area (Å²) < 4.78 is 30.9. The van der Waals surface area contributed by atoms with E-state index in [0.717, 1.165) is 24.0 Å². The molecule has 1 aromatic carbocycles. The smallest absolute Gasteiger partial charge is 0.387 e. The molecule has 0 radical (unpaired) electrons. The molecule has 4 rings (SSSR count). The van der Waals surface area contributed by atoms with Crippen LogP contribution in [0, 0.1) is 5.41 Å². The van der Waals surface area contributed by atoms with Crippen molar-refractivity contribution < 1.29 is 18.3 Å². The number of ether oxygens (including phenoxy) is 1. The molecular weight excluding hydrogens is 416 g/mol. The van der Waals surface area contributed by atoms with Gasteiger partial charge in [-0.2, -0.15) is 13.9 Å². The van der Waals surface area contributed by atoms with E-state index in [4.69, 9.17) is 11.5 Å². The lowest BCUT2D eigenvalue weighted by Crippen LogP contribution is -2.51. The number of nitrogens with one attached hydrogen (secondary N) is 1. The van der Waals surface area contributed by atoms with Crippen LogP contribution in [0.3, 0.4) is 0 Å². The first-order chi connectivity index (χ1) is 15.0. The SMILES string of the molecule is CC1(C)[C@H](Nc2c(C(N)=O)cnn3cc(-c4ccc(OC(F)F)cc4)cc23)CC[C@]1(C)N. The number of alkyl halides is 2. The number of amides is 1. The van der Waals surface area contributed by atoms with Crippen molar-refractivity contribution >= 4 is 17.1 Å². The van der Waals surface area contributed by atoms with Gasteiger partial charge in [0.15, 0.2) is 0 Å². The lowest BCUT2D eigenvalue weighted by atomic mass is 9.75. The number of carbonyl (C=O) groups is 1. The second-order valence-electron chi connectivity index (χ2n) is 9.13. The van der Waals surface area contributed by atoms with Crippen molar-refractivity contribution in [2.24, 2.45) is 16.9 Å². The number of aromatic nitrogens is 2. The number of benzene rings is 1. The normalized spacial score (nSPS) is 22.4. The fourth-order valence-corrected chi connectivity index (χ4v) is 4.33. The van der Waals surface area contributed by atoms with E-state index in [1.54, 1.807) is 22.8 Å². The summed E-state index contributed by atoms with van der Waals surface area (Å²) in [6.07, 6.45) is 4.96. The van der Waals surface area contributed by atoms with Gasteiger partial charge < -0.3 is 21.5 Å². The van der Waals surface area contributed by atoms with E-state index in [1.165, 1.54) is 18.3 Å². The zero-order valence-electron chi connectivity index (χ0n) is 18.2. The number of fused-ring (bicyclic) bond motifs is 1. The first kappa shape index (κ1) is 22.0. The first-order valence-electron chi connectivity index (χ1n) is 10.4. The zero-order valence-corrected chi connectivity index (χ0v) is 18.2. The average molecular weight is 443 g/mol. The van der Waals surface area contributed by atoms with Crippen LogP contribution in [0.15, 0.2) is 42.7 Å². The highest BCUT2D eigenvalue weighted by atomic mass is 19.3. The van der Waals surface area contributed by atoms with Crippen LogP contribution in [0.4, 0.5) is 14.5 Å². The minimum atomic E-state index is -2.88. The van der Waals surface area contributed by atoms with Gasteiger partial charge in [0.05, 0.1) is 23.0 Å². The Morgan fingerprint density at radius 1 is 1.25 bits per heavy atom. The molecule has 1 saturated carbocycles. The number of rotatable bonds is 6. The van der Waals surface area contributed by atoms with Crippen molar-refractivity contribution in [3.63, 3.8) is 0 Å². The number of hydrogen-bond donors (Lipinski definition) is 3. The fourth-order valence-electron chi connectivity index (χ4n) is 4.33. The molecule has 2 atom stereocenters. The predicted molar refractivity (Wildman–Crippen MR) is 119 cm³/mol. The maximum absolute atomic E-state index is 12.4. The summed E-state index contributed by atoms with van der Waals surface area (Å²) in [6, 6.07) is 8.26. The molecule has 1 aliphatic rings. The molecule has 7 nitrogen and oxygen atoms in total. The molecule has 0 unspecified atom stereocenters. The number of carbonyl (C=O) groups excluding carboxylic acids is 1. The molecule has 2 aromatic heterocycles. The molecule has 170 valence electrons. The Hall–Kier alpha value is -3.20. The van der Waals surface area contributed by atoms with Gasteiger partial charge in [-0.05, 0) is 43.5 Å². The van der Waals surface area contributed by atoms with E-state index in [-0.39, 0.29) is 22.7 Å². The average Bonchev–Trinajstić information content (AvgIpc) is 3.22. The Labute approximate surface area is 184 Å². The Balaban J connectivity index is 1.74. The summed E-state index contributed by atoms with van der Waals surface area (Å²) in [6.45, 7) is 3.40. The summed E-state index contributed by atoms with van der Waals surface area (Å²) >= 11 is 0. The lowest BCUT2D eigenvalue weighted by Gasteiger charge is -2.39. The van der Waals surface area contributed by atoms with Gasteiger partial charge in [-0.25, -0.2) is 4.52 Å². The first-order valence-corrected chi connectivity index (χ1v) is 10.4. The number of nitrogens with two attached hydrogens (primary N) is 2. The van der Waals surface area contributed by atoms with Crippen molar-refractivity contribution in [2.45, 2.75) is 51.8 Å². The van der Waals surface area contributed by atoms with Crippen LogP contribution < -0.4 is 21.5 Å². The lowest BCUT2D eigenvalue weighted by molar-refractivity contribution is -0.0498. The molecular formula is C23H27F2N5O2. The van der Waals surface area contributed by atoms with E-state index in [2.05, 4.69) is 29.0 Å². The monoisotopic (exact) mass is 443 g/mol. The largest absolute Gasteiger partial charge is 0.435 e. The van der Waals surface area contributed by atoms with Crippen molar-refractivity contribution in [1.82, 2.24) is 9.61 Å². The van der Waals surface area contributed by atoms with Gasteiger partial charge in [0.1, 0.15) is 5.75 Å². The van der Waals surface area contributed by atoms with Gasteiger partial charge in [0.25, 0.3) is 5.91 Å². The highest BCUT2D eigenvalue weighted by molar-refractivity contribution is 6.02. The topological polar surface area (TPSA) is 108 Å². The van der Waals surface area contributed by atoms with E-state index < -0.39 is 12.5 Å². The van der Waals surface area contributed by atoms with Gasteiger partial charge >= 0.3 is 6.61 Å². The van der Waals surface area contributed by atoms with E-state index in [9.17, 15) is 13.6 Å². The highest BCUT2D eigenvalue weighted by Gasteiger charge is 2.49. The minimum Gasteiger partial charge on any atom is -0.435 e. The number of anilines is 1. The van der Waals surface area contributed by atoms with Crippen LogP contribution in [-0.4, -0.2) is 33.7 Å². The molecule has 0 saturated heterocycles. The maximum atomic E-state index is 12.4. The third-order valence-corrected chi connectivity index (χ3v) is 6.93. The number of halogens is 2. The van der Waals surface area contributed by atoms with Crippen molar-refractivity contribution in [1.29, 1.82) is 0 Å². The molecule has 1 aliphatic carbocycles. The standard InChI is InChI=1S/C23H27F2N5O2/c1-22(2)18(8-9-23(22,3)27)29-19-16(20(26)31)11-28-30-12-14(10-17(19)30)13-4-6-15(7-5-13)32-21(24)25/h4-7,10-12,18,21,29H,8-9,27H2,1-3H3,(H2,26,31)/t18-,23+/m1/s1. The molecule has 9 heteroatoms. The van der Waals surface area contributed by atoms with Gasteiger partial charge in [0.2, 0.25) is 0 Å². The second kappa shape index (κ2) is 7.74. The summed E-state index contributed by atoms with van der Waals surface area (Å²) in [4.78, 5) is 12.2. The maximum Gasteiger partial charge on any atom is 0.387 e. The molecule has 32 heavy (non-hydrogen) atoms. The summed E-state index contributed by atoms with van der Waals surface area (Å²) in [5.41, 5.74) is 14.8. The van der Waals surface area contributed by atoms with Crippen molar-refractivity contribution in [3.8, 4) is 16.9 Å². The summed E-state index contributed by atoms with van der Waals surface area (Å²) in [7, 11) is 0. The highest BCUT2D eigenvalue weighted by Crippen LogP contribution is 2.46. The Bertz CT molecular complexity index is 1160. The third kappa shape index (κ3) is 3.77. The molecule has 1 amide bonds. The molecule has 5 N–H and O–H groups in total. The van der Waals surface area contributed by atoms with Crippen LogP contribution >= 0.6 is 0 Å². The summed E-state index contributed by atoms with van der Waals surface area (Å²) in [5.74, 6) is -0.498. The number of nitrogens with zero attached hydrogens (tertiary/aromatic N) is 2. The van der Waals surface area contributed by atoms with Crippen LogP contribution in [-0.2, 0) is 0 Å². The van der Waals surface area contributed by atoms with E-state index in [1.807, 2.05) is 13.0 Å².